The number of thioether (sulfide) groups is 1. The zero-order chi connectivity index (χ0) is 13.9. The predicted octanol–water partition coefficient (Wildman–Crippen LogP) is 3.92. The summed E-state index contributed by atoms with van der Waals surface area (Å²) < 4.78 is 5.45. The molecule has 0 spiro atoms. The Morgan fingerprint density at radius 1 is 1.10 bits per heavy atom. The first-order valence-electron chi connectivity index (χ1n) is 6.53. The SMILES string of the molecule is COc1cccc2c1SC(c1ccccc1)C(CO)=C2. The summed E-state index contributed by atoms with van der Waals surface area (Å²) in [5.74, 6) is 0.890. The molecule has 0 aliphatic carbocycles. The third-order valence-corrected chi connectivity index (χ3v) is 4.91. The Balaban J connectivity index is 2.08. The summed E-state index contributed by atoms with van der Waals surface area (Å²) in [4.78, 5) is 1.14. The van der Waals surface area contributed by atoms with Gasteiger partial charge < -0.3 is 9.84 Å². The Hall–Kier alpha value is -1.71. The van der Waals surface area contributed by atoms with Crippen molar-refractivity contribution >= 4 is 17.8 Å². The molecule has 20 heavy (non-hydrogen) atoms. The molecule has 102 valence electrons. The van der Waals surface area contributed by atoms with Crippen LogP contribution in [0.4, 0.5) is 0 Å². The highest BCUT2D eigenvalue weighted by molar-refractivity contribution is 8.00. The van der Waals surface area contributed by atoms with Gasteiger partial charge in [0, 0.05) is 0 Å². The molecule has 1 unspecified atom stereocenters. The van der Waals surface area contributed by atoms with Crippen molar-refractivity contribution in [3.63, 3.8) is 0 Å². The van der Waals surface area contributed by atoms with Gasteiger partial charge in [0.25, 0.3) is 0 Å². The molecule has 0 radical (unpaired) electrons. The van der Waals surface area contributed by atoms with E-state index in [9.17, 15) is 5.11 Å². The lowest BCUT2D eigenvalue weighted by molar-refractivity contribution is 0.329. The molecule has 3 heteroatoms. The van der Waals surface area contributed by atoms with Gasteiger partial charge in [0.1, 0.15) is 5.75 Å². The van der Waals surface area contributed by atoms with Crippen LogP contribution in [0.25, 0.3) is 6.08 Å². The highest BCUT2D eigenvalue weighted by atomic mass is 32.2. The van der Waals surface area contributed by atoms with Gasteiger partial charge in [0.15, 0.2) is 0 Å². The first-order chi connectivity index (χ1) is 9.83. The maximum atomic E-state index is 9.66. The van der Waals surface area contributed by atoms with Crippen LogP contribution >= 0.6 is 11.8 Å². The summed E-state index contributed by atoms with van der Waals surface area (Å²) in [6, 6.07) is 16.3. The molecule has 0 saturated heterocycles. The highest BCUT2D eigenvalue weighted by Crippen LogP contribution is 2.49. The zero-order valence-corrected chi connectivity index (χ0v) is 12.1. The number of ether oxygens (including phenoxy) is 1. The van der Waals surface area contributed by atoms with Gasteiger partial charge >= 0.3 is 0 Å². The van der Waals surface area contributed by atoms with Crippen LogP contribution in [-0.2, 0) is 0 Å². The number of aliphatic hydroxyl groups is 1. The van der Waals surface area contributed by atoms with Crippen molar-refractivity contribution in [3.05, 3.63) is 65.2 Å². The molecule has 0 aromatic heterocycles. The van der Waals surface area contributed by atoms with Crippen LogP contribution in [0, 0.1) is 0 Å². The van der Waals surface area contributed by atoms with E-state index < -0.39 is 0 Å². The van der Waals surface area contributed by atoms with E-state index in [0.29, 0.717) is 0 Å². The molecule has 1 aliphatic heterocycles. The van der Waals surface area contributed by atoms with Crippen LogP contribution in [0.5, 0.6) is 5.75 Å². The molecular formula is C17H16O2S. The van der Waals surface area contributed by atoms with Gasteiger partial charge in [-0.05, 0) is 22.8 Å². The molecule has 3 rings (SSSR count). The monoisotopic (exact) mass is 284 g/mol. The fourth-order valence-electron chi connectivity index (χ4n) is 2.44. The maximum Gasteiger partial charge on any atom is 0.133 e. The maximum absolute atomic E-state index is 9.66. The van der Waals surface area contributed by atoms with Gasteiger partial charge in [-0.25, -0.2) is 0 Å². The minimum Gasteiger partial charge on any atom is -0.496 e. The summed E-state index contributed by atoms with van der Waals surface area (Å²) in [7, 11) is 1.69. The second-order valence-electron chi connectivity index (χ2n) is 4.66. The van der Waals surface area contributed by atoms with Crippen molar-refractivity contribution in [2.24, 2.45) is 0 Å². The average molecular weight is 284 g/mol. The molecular weight excluding hydrogens is 268 g/mol. The van der Waals surface area contributed by atoms with Crippen LogP contribution in [0.3, 0.4) is 0 Å². The van der Waals surface area contributed by atoms with E-state index in [4.69, 9.17) is 4.74 Å². The molecule has 1 N–H and O–H groups in total. The first kappa shape index (κ1) is 13.3. The third-order valence-electron chi connectivity index (χ3n) is 3.43. The molecule has 0 bridgehead atoms. The van der Waals surface area contributed by atoms with Crippen molar-refractivity contribution in [2.75, 3.05) is 13.7 Å². The smallest absolute Gasteiger partial charge is 0.133 e. The van der Waals surface area contributed by atoms with Gasteiger partial charge in [0.2, 0.25) is 0 Å². The molecule has 0 saturated carbocycles. The highest BCUT2D eigenvalue weighted by Gasteiger charge is 2.25. The molecule has 0 amide bonds. The lowest BCUT2D eigenvalue weighted by Gasteiger charge is -2.26. The van der Waals surface area contributed by atoms with Crippen LogP contribution in [0.2, 0.25) is 0 Å². The summed E-state index contributed by atoms with van der Waals surface area (Å²) in [6.45, 7) is 0.0726. The van der Waals surface area contributed by atoms with E-state index in [2.05, 4.69) is 24.3 Å². The van der Waals surface area contributed by atoms with Gasteiger partial charge in [-0.3, -0.25) is 0 Å². The Labute approximate surface area is 123 Å². The Morgan fingerprint density at radius 3 is 2.60 bits per heavy atom. The van der Waals surface area contributed by atoms with E-state index in [1.165, 1.54) is 5.56 Å². The summed E-state index contributed by atoms with van der Waals surface area (Å²) >= 11 is 1.74. The van der Waals surface area contributed by atoms with Crippen LogP contribution < -0.4 is 4.74 Å². The van der Waals surface area contributed by atoms with Crippen LogP contribution in [0.1, 0.15) is 16.4 Å². The number of fused-ring (bicyclic) bond motifs is 1. The minimum atomic E-state index is 0.0726. The zero-order valence-electron chi connectivity index (χ0n) is 11.2. The largest absolute Gasteiger partial charge is 0.496 e. The second kappa shape index (κ2) is 5.73. The van der Waals surface area contributed by atoms with Crippen molar-refractivity contribution in [3.8, 4) is 5.75 Å². The van der Waals surface area contributed by atoms with Gasteiger partial charge in [-0.1, -0.05) is 48.5 Å². The van der Waals surface area contributed by atoms with Crippen LogP contribution in [0.15, 0.2) is 59.0 Å². The number of aliphatic hydroxyl groups excluding tert-OH is 1. The molecule has 1 aliphatic rings. The van der Waals surface area contributed by atoms with Gasteiger partial charge in [0.05, 0.1) is 23.9 Å². The van der Waals surface area contributed by atoms with E-state index in [1.54, 1.807) is 18.9 Å². The van der Waals surface area contributed by atoms with Crippen molar-refractivity contribution in [1.29, 1.82) is 0 Å². The average Bonchev–Trinajstić information content (AvgIpc) is 2.53. The number of hydrogen-bond acceptors (Lipinski definition) is 3. The van der Waals surface area contributed by atoms with Crippen molar-refractivity contribution in [2.45, 2.75) is 10.1 Å². The van der Waals surface area contributed by atoms with Crippen LogP contribution in [-0.4, -0.2) is 18.8 Å². The first-order valence-corrected chi connectivity index (χ1v) is 7.41. The standard InChI is InChI=1S/C17H16O2S/c1-19-15-9-5-8-13-10-14(11-18)16(20-17(13)15)12-6-3-2-4-7-12/h2-10,16,18H,11H2,1H3. The van der Waals surface area contributed by atoms with E-state index >= 15 is 0 Å². The summed E-state index contributed by atoms with van der Waals surface area (Å²) in [5.41, 5.74) is 3.35. The van der Waals surface area contributed by atoms with Crippen molar-refractivity contribution in [1.82, 2.24) is 0 Å². The Kier molecular flexibility index (Phi) is 3.81. The number of benzene rings is 2. The Bertz CT molecular complexity index is 635. The normalized spacial score (nSPS) is 17.3. The lowest BCUT2D eigenvalue weighted by atomic mass is 10.0. The quantitative estimate of drug-likeness (QED) is 0.926. The van der Waals surface area contributed by atoms with E-state index in [-0.39, 0.29) is 11.9 Å². The lowest BCUT2D eigenvalue weighted by Crippen LogP contribution is -2.07. The van der Waals surface area contributed by atoms with Gasteiger partial charge in [-0.15, -0.1) is 11.8 Å². The van der Waals surface area contributed by atoms with E-state index in [1.807, 2.05) is 30.3 Å². The third kappa shape index (κ3) is 2.35. The van der Waals surface area contributed by atoms with E-state index in [0.717, 1.165) is 21.8 Å². The predicted molar refractivity (Wildman–Crippen MR) is 83.1 cm³/mol. The number of rotatable bonds is 3. The summed E-state index contributed by atoms with van der Waals surface area (Å²) in [6.07, 6.45) is 2.08. The molecule has 2 aromatic rings. The molecule has 0 fully saturated rings. The topological polar surface area (TPSA) is 29.5 Å². The second-order valence-corrected chi connectivity index (χ2v) is 5.78. The van der Waals surface area contributed by atoms with Gasteiger partial charge in [-0.2, -0.15) is 0 Å². The Morgan fingerprint density at radius 2 is 1.90 bits per heavy atom. The molecule has 1 heterocycles. The molecule has 2 nitrogen and oxygen atoms in total. The summed E-state index contributed by atoms with van der Waals surface area (Å²) in [5, 5.41) is 9.81. The molecule has 2 aromatic carbocycles. The number of hydrogen-bond donors (Lipinski definition) is 1. The van der Waals surface area contributed by atoms with Crippen molar-refractivity contribution < 1.29 is 9.84 Å². The fraction of sp³-hybridized carbons (Fsp3) is 0.176. The fourth-order valence-corrected chi connectivity index (χ4v) is 3.79. The molecule has 1 atom stereocenters. The minimum absolute atomic E-state index is 0.0726. The number of methoxy groups -OCH3 is 1.